The first-order valence-electron chi connectivity index (χ1n) is 9.80. The van der Waals surface area contributed by atoms with Crippen LogP contribution >= 0.6 is 0 Å². The monoisotopic (exact) mass is 342 g/mol. The Morgan fingerprint density at radius 2 is 1.88 bits per heavy atom. The van der Waals surface area contributed by atoms with Gasteiger partial charge in [-0.05, 0) is 67.6 Å². The highest BCUT2D eigenvalue weighted by Gasteiger charge is 2.22. The van der Waals surface area contributed by atoms with Crippen molar-refractivity contribution in [2.75, 3.05) is 13.6 Å². The summed E-state index contributed by atoms with van der Waals surface area (Å²) in [6.45, 7) is 4.40. The minimum absolute atomic E-state index is 1.06. The van der Waals surface area contributed by atoms with Crippen LogP contribution in [0.25, 0.3) is 22.7 Å². The van der Waals surface area contributed by atoms with Crippen molar-refractivity contribution in [2.24, 2.45) is 0 Å². The molecule has 1 aliphatic heterocycles. The first-order chi connectivity index (χ1) is 12.7. The molecule has 1 aromatic heterocycles. The molecule has 2 nitrogen and oxygen atoms in total. The highest BCUT2D eigenvalue weighted by Crippen LogP contribution is 2.35. The fourth-order valence-corrected chi connectivity index (χ4v) is 4.73. The third-order valence-corrected chi connectivity index (χ3v) is 6.07. The second-order valence-electron chi connectivity index (χ2n) is 7.97. The Hall–Kier alpha value is -2.32. The van der Waals surface area contributed by atoms with E-state index in [1.165, 1.54) is 63.7 Å². The van der Waals surface area contributed by atoms with E-state index in [1.54, 1.807) is 0 Å². The van der Waals surface area contributed by atoms with Gasteiger partial charge < -0.3 is 9.47 Å². The molecule has 5 rings (SSSR count). The molecule has 0 fully saturated rings. The Kier molecular flexibility index (Phi) is 3.75. The number of likely N-dealkylation sites (N-methyl/N-ethyl adjacent to an activating group) is 1. The summed E-state index contributed by atoms with van der Waals surface area (Å²) in [7, 11) is 2.23. The summed E-state index contributed by atoms with van der Waals surface area (Å²) in [5.41, 5.74) is 10.2. The van der Waals surface area contributed by atoms with Crippen LogP contribution in [0.1, 0.15) is 40.8 Å². The molecule has 0 bridgehead atoms. The number of rotatable bonds is 1. The van der Waals surface area contributed by atoms with Crippen molar-refractivity contribution in [1.82, 2.24) is 9.47 Å². The molecule has 0 unspecified atom stereocenters. The zero-order valence-electron chi connectivity index (χ0n) is 15.8. The molecule has 3 aromatic rings. The van der Waals surface area contributed by atoms with E-state index in [0.717, 1.165) is 19.5 Å². The number of hydrogen-bond acceptors (Lipinski definition) is 1. The second kappa shape index (κ2) is 6.14. The molecule has 2 heteroatoms. The van der Waals surface area contributed by atoms with Crippen molar-refractivity contribution in [2.45, 2.75) is 39.2 Å². The van der Waals surface area contributed by atoms with Gasteiger partial charge in [0.2, 0.25) is 0 Å². The smallest absolute Gasteiger partial charge is 0.0529 e. The molecule has 0 saturated carbocycles. The van der Waals surface area contributed by atoms with Gasteiger partial charge in [0.05, 0.1) is 5.52 Å². The molecule has 0 N–H and O–H groups in total. The maximum absolute atomic E-state index is 2.51. The highest BCUT2D eigenvalue weighted by molar-refractivity contribution is 5.91. The molecule has 0 saturated heterocycles. The van der Waals surface area contributed by atoms with Crippen molar-refractivity contribution in [1.29, 1.82) is 0 Å². The molecule has 0 radical (unpaired) electrons. The van der Waals surface area contributed by atoms with Crippen molar-refractivity contribution in [3.05, 3.63) is 70.4 Å². The number of hydrogen-bond donors (Lipinski definition) is 0. The van der Waals surface area contributed by atoms with Gasteiger partial charge in [0.25, 0.3) is 0 Å². The van der Waals surface area contributed by atoms with Crippen molar-refractivity contribution in [3.63, 3.8) is 0 Å². The number of aromatic nitrogens is 1. The number of aryl methyl sites for hydroxylation is 2. The van der Waals surface area contributed by atoms with Gasteiger partial charge in [0.1, 0.15) is 0 Å². The van der Waals surface area contributed by atoms with Crippen LogP contribution in [0.3, 0.4) is 0 Å². The molecule has 0 amide bonds. The van der Waals surface area contributed by atoms with Crippen LogP contribution in [-0.4, -0.2) is 23.1 Å². The largest absolute Gasteiger partial charge is 0.320 e. The van der Waals surface area contributed by atoms with Gasteiger partial charge in [0.15, 0.2) is 0 Å². The summed E-state index contributed by atoms with van der Waals surface area (Å²) in [6.07, 6.45) is 7.22. The zero-order valence-corrected chi connectivity index (χ0v) is 15.8. The highest BCUT2D eigenvalue weighted by atomic mass is 15.1. The number of nitrogens with zero attached hydrogens (tertiary/aromatic N) is 2. The first-order valence-corrected chi connectivity index (χ1v) is 9.80. The Bertz CT molecular complexity index is 1020. The predicted octanol–water partition coefficient (Wildman–Crippen LogP) is 5.27. The molecule has 2 heterocycles. The Morgan fingerprint density at radius 3 is 2.81 bits per heavy atom. The van der Waals surface area contributed by atoms with Crippen LogP contribution in [0.4, 0.5) is 0 Å². The average molecular weight is 342 g/mol. The molecule has 0 spiro atoms. The van der Waals surface area contributed by atoms with Crippen LogP contribution in [0, 0.1) is 6.92 Å². The topological polar surface area (TPSA) is 8.17 Å². The van der Waals surface area contributed by atoms with E-state index in [0.29, 0.717) is 0 Å². The Balaban J connectivity index is 1.74. The van der Waals surface area contributed by atoms with Crippen LogP contribution < -0.4 is 0 Å². The van der Waals surface area contributed by atoms with Crippen LogP contribution in [0.2, 0.25) is 0 Å². The second-order valence-corrected chi connectivity index (χ2v) is 7.97. The van der Waals surface area contributed by atoms with Gasteiger partial charge in [-0.1, -0.05) is 35.9 Å². The van der Waals surface area contributed by atoms with Gasteiger partial charge in [0, 0.05) is 36.8 Å². The molecule has 132 valence electrons. The van der Waals surface area contributed by atoms with E-state index in [4.69, 9.17) is 0 Å². The van der Waals surface area contributed by atoms with Gasteiger partial charge in [-0.25, -0.2) is 0 Å². The molecule has 26 heavy (non-hydrogen) atoms. The lowest BCUT2D eigenvalue weighted by atomic mass is 9.88. The summed E-state index contributed by atoms with van der Waals surface area (Å²) in [4.78, 5) is 2.44. The summed E-state index contributed by atoms with van der Waals surface area (Å²) < 4.78 is 2.51. The standard InChI is InChI=1S/C24H26N2/c1-17-10-11-23-21(14-17)22-16-25(2)13-12-24(22)26(23)15-19-8-5-7-18-6-3-4-9-20(18)19/h3-4,6,9-11,14-15H,5,7-8,12-13,16H2,1-2H3. The molecule has 0 atom stereocenters. The summed E-state index contributed by atoms with van der Waals surface area (Å²) in [5.74, 6) is 0. The molecule has 2 aromatic carbocycles. The van der Waals surface area contributed by atoms with Crippen LogP contribution in [-0.2, 0) is 19.4 Å². The summed E-state index contributed by atoms with van der Waals surface area (Å²) in [5, 5.41) is 1.44. The van der Waals surface area contributed by atoms with Gasteiger partial charge in [-0.2, -0.15) is 0 Å². The minimum atomic E-state index is 1.06. The zero-order chi connectivity index (χ0) is 17.7. The third-order valence-electron chi connectivity index (χ3n) is 6.07. The van der Waals surface area contributed by atoms with E-state index in [9.17, 15) is 0 Å². The van der Waals surface area contributed by atoms with E-state index < -0.39 is 0 Å². The van der Waals surface area contributed by atoms with Crippen LogP contribution in [0.5, 0.6) is 0 Å². The van der Waals surface area contributed by atoms with Crippen molar-refractivity contribution < 1.29 is 0 Å². The number of allylic oxidation sites excluding steroid dienone is 1. The van der Waals surface area contributed by atoms with Gasteiger partial charge >= 0.3 is 0 Å². The minimum Gasteiger partial charge on any atom is -0.320 e. The lowest BCUT2D eigenvalue weighted by Gasteiger charge is -2.24. The van der Waals surface area contributed by atoms with E-state index in [-0.39, 0.29) is 0 Å². The Morgan fingerprint density at radius 1 is 1.00 bits per heavy atom. The normalized spacial score (nSPS) is 18.9. The SMILES string of the molecule is Cc1ccc2c(c1)c1c(n2C=C2CCCc3ccccc32)CCN(C)C1. The lowest BCUT2D eigenvalue weighted by Crippen LogP contribution is -2.26. The quantitative estimate of drug-likeness (QED) is 0.585. The fourth-order valence-electron chi connectivity index (χ4n) is 4.73. The van der Waals surface area contributed by atoms with Crippen molar-refractivity contribution in [3.8, 4) is 0 Å². The van der Waals surface area contributed by atoms with E-state index in [2.05, 4.69) is 72.1 Å². The maximum atomic E-state index is 2.51. The van der Waals surface area contributed by atoms with Crippen molar-refractivity contribution >= 4 is 22.7 Å². The fraction of sp³-hybridized carbons (Fsp3) is 0.333. The summed E-state index contributed by atoms with van der Waals surface area (Å²) >= 11 is 0. The number of fused-ring (bicyclic) bond motifs is 4. The molecular weight excluding hydrogens is 316 g/mol. The summed E-state index contributed by atoms with van der Waals surface area (Å²) in [6, 6.07) is 15.9. The predicted molar refractivity (Wildman–Crippen MR) is 110 cm³/mol. The lowest BCUT2D eigenvalue weighted by molar-refractivity contribution is 0.312. The van der Waals surface area contributed by atoms with E-state index in [1.807, 2.05) is 0 Å². The van der Waals surface area contributed by atoms with Gasteiger partial charge in [-0.15, -0.1) is 0 Å². The van der Waals surface area contributed by atoms with E-state index >= 15 is 0 Å². The van der Waals surface area contributed by atoms with Crippen LogP contribution in [0.15, 0.2) is 42.5 Å². The molecule has 1 aliphatic carbocycles. The average Bonchev–Trinajstić information content (AvgIpc) is 2.94. The molecule has 2 aliphatic rings. The Labute approximate surface area is 155 Å². The first kappa shape index (κ1) is 15.9. The maximum Gasteiger partial charge on any atom is 0.0529 e. The van der Waals surface area contributed by atoms with Gasteiger partial charge in [-0.3, -0.25) is 0 Å². The third kappa shape index (κ3) is 2.52. The molecular formula is C24H26N2. The number of benzene rings is 2.